The van der Waals surface area contributed by atoms with Crippen molar-refractivity contribution in [3.05, 3.63) is 47.2 Å². The Balaban J connectivity index is 1.35. The Morgan fingerprint density at radius 2 is 2.17 bits per heavy atom. The predicted molar refractivity (Wildman–Crippen MR) is 106 cm³/mol. The third-order valence-electron chi connectivity index (χ3n) is 5.51. The summed E-state index contributed by atoms with van der Waals surface area (Å²) in [4.78, 5) is 28.1. The van der Waals surface area contributed by atoms with E-state index in [4.69, 9.17) is 14.5 Å². The van der Waals surface area contributed by atoms with Gasteiger partial charge in [0.25, 0.3) is 0 Å². The molecule has 4 rings (SSSR count). The lowest BCUT2D eigenvalue weighted by Gasteiger charge is -2.28. The number of pyridine rings is 1. The zero-order valence-corrected chi connectivity index (χ0v) is 16.8. The number of aromatic nitrogens is 3. The van der Waals surface area contributed by atoms with Gasteiger partial charge in [0.1, 0.15) is 5.82 Å². The lowest BCUT2D eigenvalue weighted by Crippen LogP contribution is -2.43. The number of carbonyl (C=O) groups is 1. The van der Waals surface area contributed by atoms with Gasteiger partial charge in [-0.15, -0.1) is 0 Å². The first kappa shape index (κ1) is 19.6. The van der Waals surface area contributed by atoms with Gasteiger partial charge in [0, 0.05) is 38.4 Å². The zero-order valence-electron chi connectivity index (χ0n) is 16.8. The van der Waals surface area contributed by atoms with E-state index in [0.717, 1.165) is 61.7 Å². The molecule has 0 aromatic carbocycles. The quantitative estimate of drug-likeness (QED) is 0.831. The van der Waals surface area contributed by atoms with Crippen LogP contribution in [0.4, 0.5) is 4.79 Å². The molecule has 0 aliphatic carbocycles. The smallest absolute Gasteiger partial charge is 0.318 e. The number of nitrogens with one attached hydrogen (secondary N) is 1. The van der Waals surface area contributed by atoms with Gasteiger partial charge in [0.2, 0.25) is 5.88 Å². The highest BCUT2D eigenvalue weighted by molar-refractivity contribution is 5.74. The van der Waals surface area contributed by atoms with Crippen molar-refractivity contribution in [2.24, 2.45) is 5.92 Å². The Morgan fingerprint density at radius 1 is 1.31 bits per heavy atom. The summed E-state index contributed by atoms with van der Waals surface area (Å²) in [5.41, 5.74) is 2.86. The second kappa shape index (κ2) is 9.17. The van der Waals surface area contributed by atoms with Crippen LogP contribution in [0.2, 0.25) is 0 Å². The number of fused-ring (bicyclic) bond motifs is 1. The number of rotatable bonds is 5. The van der Waals surface area contributed by atoms with Crippen molar-refractivity contribution < 1.29 is 14.3 Å². The van der Waals surface area contributed by atoms with E-state index in [1.807, 2.05) is 18.3 Å². The number of nitrogens with zero attached hydrogens (tertiary/aromatic N) is 4. The SMILES string of the molecule is COc1cccc(CNC(=O)N2CCc3cnc(CC4CCOCC4)nc3C2)n1. The molecule has 0 bridgehead atoms. The molecule has 4 heterocycles. The third-order valence-corrected chi connectivity index (χ3v) is 5.51. The van der Waals surface area contributed by atoms with Crippen molar-refractivity contribution >= 4 is 6.03 Å². The summed E-state index contributed by atoms with van der Waals surface area (Å²) in [7, 11) is 1.58. The highest BCUT2D eigenvalue weighted by Crippen LogP contribution is 2.21. The van der Waals surface area contributed by atoms with Gasteiger partial charge >= 0.3 is 6.03 Å². The molecule has 0 atom stereocenters. The van der Waals surface area contributed by atoms with Crippen molar-refractivity contribution in [1.82, 2.24) is 25.2 Å². The topological polar surface area (TPSA) is 89.5 Å². The molecule has 8 nitrogen and oxygen atoms in total. The van der Waals surface area contributed by atoms with E-state index in [1.54, 1.807) is 18.1 Å². The average molecular weight is 397 g/mol. The maximum Gasteiger partial charge on any atom is 0.318 e. The molecule has 0 saturated carbocycles. The number of carbonyl (C=O) groups excluding carboxylic acids is 1. The fourth-order valence-electron chi connectivity index (χ4n) is 3.77. The maximum atomic E-state index is 12.6. The van der Waals surface area contributed by atoms with Gasteiger partial charge in [-0.1, -0.05) is 6.07 Å². The molecule has 29 heavy (non-hydrogen) atoms. The molecule has 2 aliphatic rings. The Bertz CT molecular complexity index is 854. The molecule has 2 aromatic heterocycles. The monoisotopic (exact) mass is 397 g/mol. The maximum absolute atomic E-state index is 12.6. The molecule has 1 N–H and O–H groups in total. The number of methoxy groups -OCH3 is 1. The number of hydrogen-bond donors (Lipinski definition) is 1. The summed E-state index contributed by atoms with van der Waals surface area (Å²) < 4.78 is 10.6. The molecule has 0 unspecified atom stereocenters. The Kier molecular flexibility index (Phi) is 6.19. The van der Waals surface area contributed by atoms with E-state index in [-0.39, 0.29) is 6.03 Å². The summed E-state index contributed by atoms with van der Waals surface area (Å²) in [6.07, 6.45) is 5.72. The average Bonchev–Trinajstić information content (AvgIpc) is 2.78. The van der Waals surface area contributed by atoms with Crippen LogP contribution in [-0.4, -0.2) is 52.8 Å². The summed E-state index contributed by atoms with van der Waals surface area (Å²) >= 11 is 0. The molecule has 1 saturated heterocycles. The molecule has 0 radical (unpaired) electrons. The summed E-state index contributed by atoms with van der Waals surface area (Å²) in [6.45, 7) is 3.18. The normalized spacial score (nSPS) is 16.9. The van der Waals surface area contributed by atoms with E-state index >= 15 is 0 Å². The van der Waals surface area contributed by atoms with Crippen LogP contribution in [0, 0.1) is 5.92 Å². The first-order chi connectivity index (χ1) is 14.2. The fraction of sp³-hybridized carbons (Fsp3) is 0.524. The van der Waals surface area contributed by atoms with Crippen LogP contribution in [0.25, 0.3) is 0 Å². The molecule has 8 heteroatoms. The summed E-state index contributed by atoms with van der Waals surface area (Å²) in [5, 5.41) is 2.94. The Labute approximate surface area is 170 Å². The molecule has 1 fully saturated rings. The van der Waals surface area contributed by atoms with E-state index < -0.39 is 0 Å². The van der Waals surface area contributed by atoms with Crippen LogP contribution in [-0.2, 0) is 30.7 Å². The minimum atomic E-state index is -0.107. The van der Waals surface area contributed by atoms with Crippen molar-refractivity contribution in [1.29, 1.82) is 0 Å². The highest BCUT2D eigenvalue weighted by Gasteiger charge is 2.23. The van der Waals surface area contributed by atoms with Crippen molar-refractivity contribution in [3.8, 4) is 5.88 Å². The summed E-state index contributed by atoms with van der Waals surface area (Å²) in [6, 6.07) is 5.40. The molecular weight excluding hydrogens is 370 g/mol. The molecule has 0 spiro atoms. The minimum absolute atomic E-state index is 0.107. The molecule has 2 aliphatic heterocycles. The van der Waals surface area contributed by atoms with Crippen LogP contribution in [0.15, 0.2) is 24.4 Å². The third kappa shape index (κ3) is 5.00. The number of ether oxygens (including phenoxy) is 2. The van der Waals surface area contributed by atoms with E-state index in [1.165, 1.54) is 0 Å². The van der Waals surface area contributed by atoms with Gasteiger partial charge < -0.3 is 19.7 Å². The number of amides is 2. The van der Waals surface area contributed by atoms with Gasteiger partial charge in [-0.2, -0.15) is 0 Å². The first-order valence-electron chi connectivity index (χ1n) is 10.2. The van der Waals surface area contributed by atoms with Gasteiger partial charge in [-0.3, -0.25) is 0 Å². The Morgan fingerprint density at radius 3 is 3.00 bits per heavy atom. The van der Waals surface area contributed by atoms with Gasteiger partial charge in [0.05, 0.1) is 31.6 Å². The summed E-state index contributed by atoms with van der Waals surface area (Å²) in [5.74, 6) is 2.00. The lowest BCUT2D eigenvalue weighted by atomic mass is 9.96. The van der Waals surface area contributed by atoms with Gasteiger partial charge in [-0.05, 0) is 36.8 Å². The van der Waals surface area contributed by atoms with E-state index in [2.05, 4.69) is 15.3 Å². The molecule has 2 aromatic rings. The minimum Gasteiger partial charge on any atom is -0.481 e. The zero-order chi connectivity index (χ0) is 20.1. The molecule has 154 valence electrons. The lowest BCUT2D eigenvalue weighted by molar-refractivity contribution is 0.0659. The van der Waals surface area contributed by atoms with Crippen molar-refractivity contribution in [2.45, 2.75) is 38.8 Å². The standard InChI is InChI=1S/C21H27N5O3/c1-28-20-4-2-3-17(24-20)13-23-21(27)26-8-5-16-12-22-19(25-18(16)14-26)11-15-6-9-29-10-7-15/h2-4,12,15H,5-11,13-14H2,1H3,(H,23,27). The first-order valence-corrected chi connectivity index (χ1v) is 10.2. The number of urea groups is 1. The van der Waals surface area contributed by atoms with Crippen molar-refractivity contribution in [3.63, 3.8) is 0 Å². The van der Waals surface area contributed by atoms with Crippen LogP contribution in [0.5, 0.6) is 5.88 Å². The van der Waals surface area contributed by atoms with Crippen molar-refractivity contribution in [2.75, 3.05) is 26.9 Å². The second-order valence-electron chi connectivity index (χ2n) is 7.52. The largest absolute Gasteiger partial charge is 0.481 e. The predicted octanol–water partition coefficient (Wildman–Crippen LogP) is 2.12. The van der Waals surface area contributed by atoms with E-state index in [9.17, 15) is 4.79 Å². The van der Waals surface area contributed by atoms with E-state index in [0.29, 0.717) is 31.4 Å². The molecule has 2 amide bonds. The van der Waals surface area contributed by atoms with Gasteiger partial charge in [-0.25, -0.2) is 19.7 Å². The highest BCUT2D eigenvalue weighted by atomic mass is 16.5. The number of hydrogen-bond acceptors (Lipinski definition) is 6. The fourth-order valence-corrected chi connectivity index (χ4v) is 3.77. The van der Waals surface area contributed by atoms with Crippen LogP contribution in [0.3, 0.4) is 0 Å². The molecular formula is C21H27N5O3. The van der Waals surface area contributed by atoms with Crippen LogP contribution in [0.1, 0.15) is 35.6 Å². The Hall–Kier alpha value is -2.74. The van der Waals surface area contributed by atoms with Gasteiger partial charge in [0.15, 0.2) is 0 Å². The van der Waals surface area contributed by atoms with Crippen LogP contribution >= 0.6 is 0 Å². The van der Waals surface area contributed by atoms with Crippen LogP contribution < -0.4 is 10.1 Å². The second-order valence-corrected chi connectivity index (χ2v) is 7.52.